The van der Waals surface area contributed by atoms with Crippen molar-refractivity contribution in [1.82, 2.24) is 10.2 Å². The number of H-pyrrole nitrogens is 1. The van der Waals surface area contributed by atoms with E-state index >= 15 is 0 Å². The van der Waals surface area contributed by atoms with E-state index in [0.29, 0.717) is 9.26 Å². The Balaban J connectivity index is 3.27. The summed E-state index contributed by atoms with van der Waals surface area (Å²) in [5.74, 6) is 0.266. The minimum Gasteiger partial charge on any atom is -0.381 e. The highest BCUT2D eigenvalue weighted by molar-refractivity contribution is 14.1. The number of aromatic nitrogens is 2. The van der Waals surface area contributed by atoms with E-state index in [4.69, 9.17) is 11.0 Å². The molecule has 0 aliphatic rings. The fourth-order valence-electron chi connectivity index (χ4n) is 0.440. The number of nitriles is 1. The Bertz CT molecular complexity index is 239. The van der Waals surface area contributed by atoms with Crippen LogP contribution in [0.2, 0.25) is 0 Å². The lowest BCUT2D eigenvalue weighted by Crippen LogP contribution is -1.86. The zero-order valence-electron chi connectivity index (χ0n) is 4.35. The Morgan fingerprint density at radius 2 is 2.44 bits per heavy atom. The van der Waals surface area contributed by atoms with Gasteiger partial charge in [0, 0.05) is 0 Å². The smallest absolute Gasteiger partial charge is 0.164 e. The third kappa shape index (κ3) is 0.977. The first-order chi connectivity index (χ1) is 4.25. The molecule has 0 aliphatic carbocycles. The molecule has 1 aromatic heterocycles. The molecule has 0 radical (unpaired) electrons. The van der Waals surface area contributed by atoms with Gasteiger partial charge in [0.05, 0.1) is 0 Å². The van der Waals surface area contributed by atoms with E-state index in [9.17, 15) is 0 Å². The largest absolute Gasteiger partial charge is 0.381 e. The van der Waals surface area contributed by atoms with Crippen LogP contribution >= 0.6 is 22.6 Å². The second-order valence-corrected chi connectivity index (χ2v) is 2.49. The maximum absolute atomic E-state index is 8.39. The monoisotopic (exact) mass is 234 g/mol. The molecule has 0 aromatic carbocycles. The van der Waals surface area contributed by atoms with Crippen LogP contribution < -0.4 is 5.73 Å². The van der Waals surface area contributed by atoms with Gasteiger partial charge in [-0.2, -0.15) is 10.4 Å². The van der Waals surface area contributed by atoms with Crippen molar-refractivity contribution < 1.29 is 0 Å². The molecule has 46 valence electrons. The number of anilines is 1. The van der Waals surface area contributed by atoms with Gasteiger partial charge in [0.2, 0.25) is 0 Å². The highest BCUT2D eigenvalue weighted by Crippen LogP contribution is 2.12. The van der Waals surface area contributed by atoms with Crippen LogP contribution in [0, 0.1) is 15.0 Å². The first-order valence-electron chi connectivity index (χ1n) is 2.15. The van der Waals surface area contributed by atoms with Gasteiger partial charge in [-0.15, -0.1) is 0 Å². The topological polar surface area (TPSA) is 78.5 Å². The van der Waals surface area contributed by atoms with Crippen molar-refractivity contribution in [2.24, 2.45) is 0 Å². The number of aromatic amines is 1. The Labute approximate surface area is 65.2 Å². The molecule has 0 atom stereocenters. The number of hydrogen-bond acceptors (Lipinski definition) is 3. The van der Waals surface area contributed by atoms with E-state index in [1.807, 2.05) is 28.7 Å². The van der Waals surface area contributed by atoms with Crippen LogP contribution in [-0.4, -0.2) is 10.2 Å². The van der Waals surface area contributed by atoms with Gasteiger partial charge in [-0.05, 0) is 22.6 Å². The summed E-state index contributed by atoms with van der Waals surface area (Å²) >= 11 is 1.96. The molecule has 0 amide bonds. The zero-order chi connectivity index (χ0) is 6.85. The molecule has 1 aromatic rings. The predicted molar refractivity (Wildman–Crippen MR) is 40.4 cm³/mol. The van der Waals surface area contributed by atoms with E-state index in [2.05, 4.69) is 10.2 Å². The van der Waals surface area contributed by atoms with Crippen molar-refractivity contribution in [1.29, 1.82) is 5.26 Å². The number of nitrogens with two attached hydrogens (primary N) is 1. The van der Waals surface area contributed by atoms with Crippen molar-refractivity contribution in [2.45, 2.75) is 0 Å². The van der Waals surface area contributed by atoms with Crippen LogP contribution in [0.15, 0.2) is 0 Å². The highest BCUT2D eigenvalue weighted by Gasteiger charge is 2.04. The maximum atomic E-state index is 8.39. The Hall–Kier alpha value is -0.770. The molecule has 3 N–H and O–H groups in total. The Morgan fingerprint density at radius 3 is 2.67 bits per heavy atom. The summed E-state index contributed by atoms with van der Waals surface area (Å²) in [5.41, 5.74) is 5.71. The predicted octanol–water partition coefficient (Wildman–Crippen LogP) is 0.468. The van der Waals surface area contributed by atoms with Gasteiger partial charge in [0.15, 0.2) is 5.82 Å². The highest BCUT2D eigenvalue weighted by atomic mass is 127. The molecule has 4 nitrogen and oxygen atoms in total. The molecule has 0 aliphatic heterocycles. The number of halogens is 1. The molecule has 0 spiro atoms. The minimum absolute atomic E-state index is 0.266. The third-order valence-corrected chi connectivity index (χ3v) is 1.64. The lowest BCUT2D eigenvalue weighted by Gasteiger charge is -1.79. The number of hydrogen-bond donors (Lipinski definition) is 2. The third-order valence-electron chi connectivity index (χ3n) is 0.862. The zero-order valence-corrected chi connectivity index (χ0v) is 6.51. The number of rotatable bonds is 0. The van der Waals surface area contributed by atoms with Gasteiger partial charge in [-0.1, -0.05) is 0 Å². The van der Waals surface area contributed by atoms with Crippen LogP contribution in [0.1, 0.15) is 5.56 Å². The summed E-state index contributed by atoms with van der Waals surface area (Å²) in [6, 6.07) is 1.92. The summed E-state index contributed by atoms with van der Waals surface area (Å²) in [4.78, 5) is 0. The van der Waals surface area contributed by atoms with Gasteiger partial charge in [-0.3, -0.25) is 5.10 Å². The molecule has 0 fully saturated rings. The fourth-order valence-corrected chi connectivity index (χ4v) is 0.957. The second-order valence-electron chi connectivity index (χ2n) is 1.41. The normalized spacial score (nSPS) is 8.89. The van der Waals surface area contributed by atoms with Crippen molar-refractivity contribution in [3.63, 3.8) is 0 Å². The number of nitrogens with one attached hydrogen (secondary N) is 1. The van der Waals surface area contributed by atoms with E-state index in [0.717, 1.165) is 0 Å². The van der Waals surface area contributed by atoms with Gasteiger partial charge in [0.25, 0.3) is 0 Å². The average molecular weight is 234 g/mol. The van der Waals surface area contributed by atoms with Crippen molar-refractivity contribution in [2.75, 3.05) is 5.73 Å². The van der Waals surface area contributed by atoms with E-state index in [-0.39, 0.29) is 5.82 Å². The van der Waals surface area contributed by atoms with E-state index in [1.54, 1.807) is 0 Å². The van der Waals surface area contributed by atoms with Gasteiger partial charge in [-0.25, -0.2) is 0 Å². The van der Waals surface area contributed by atoms with Gasteiger partial charge < -0.3 is 5.73 Å². The van der Waals surface area contributed by atoms with Crippen LogP contribution in [0.4, 0.5) is 5.82 Å². The van der Waals surface area contributed by atoms with Crippen LogP contribution in [0.5, 0.6) is 0 Å². The summed E-state index contributed by atoms with van der Waals surface area (Å²) in [6.07, 6.45) is 0. The molecule has 9 heavy (non-hydrogen) atoms. The second kappa shape index (κ2) is 2.23. The standard InChI is InChI=1S/C4H3IN4/c5-3-2(1-6)4(7)9-8-3/h(H3,7,8,9). The molecular weight excluding hydrogens is 231 g/mol. The van der Waals surface area contributed by atoms with E-state index < -0.39 is 0 Å². The van der Waals surface area contributed by atoms with Crippen LogP contribution in [0.3, 0.4) is 0 Å². The van der Waals surface area contributed by atoms with Crippen LogP contribution in [0.25, 0.3) is 0 Å². The average Bonchev–Trinajstić information content (AvgIpc) is 2.12. The van der Waals surface area contributed by atoms with Crippen molar-refractivity contribution >= 4 is 28.4 Å². The molecule has 0 unspecified atom stereocenters. The van der Waals surface area contributed by atoms with Gasteiger partial charge in [0.1, 0.15) is 15.3 Å². The van der Waals surface area contributed by atoms with E-state index in [1.165, 1.54) is 0 Å². The molecule has 5 heteroatoms. The Morgan fingerprint density at radius 1 is 1.78 bits per heavy atom. The van der Waals surface area contributed by atoms with Gasteiger partial charge >= 0.3 is 0 Å². The summed E-state index contributed by atoms with van der Waals surface area (Å²) in [7, 11) is 0. The summed E-state index contributed by atoms with van der Waals surface area (Å²) < 4.78 is 0.688. The summed E-state index contributed by atoms with van der Waals surface area (Å²) in [6.45, 7) is 0. The van der Waals surface area contributed by atoms with Crippen LogP contribution in [-0.2, 0) is 0 Å². The SMILES string of the molecule is N#Cc1c(N)n[nH]c1I. The lowest BCUT2D eigenvalue weighted by molar-refractivity contribution is 1.07. The van der Waals surface area contributed by atoms with Crippen molar-refractivity contribution in [3.8, 4) is 6.07 Å². The first-order valence-corrected chi connectivity index (χ1v) is 3.23. The summed E-state index contributed by atoms with van der Waals surface area (Å²) in [5, 5.41) is 14.6. The fraction of sp³-hybridized carbons (Fsp3) is 0. The minimum atomic E-state index is 0.266. The number of nitrogen functional groups attached to an aromatic ring is 1. The first kappa shape index (κ1) is 6.35. The molecular formula is C4H3IN4. The Kier molecular flexibility index (Phi) is 1.57. The molecule has 0 saturated heterocycles. The molecule has 1 heterocycles. The maximum Gasteiger partial charge on any atom is 0.164 e. The molecule has 1 rings (SSSR count). The molecule has 0 bridgehead atoms. The quantitative estimate of drug-likeness (QED) is 0.640. The molecule has 0 saturated carbocycles. The van der Waals surface area contributed by atoms with Crippen molar-refractivity contribution in [3.05, 3.63) is 9.26 Å². The number of nitrogens with zero attached hydrogens (tertiary/aromatic N) is 2. The lowest BCUT2D eigenvalue weighted by atomic mass is 10.4.